The van der Waals surface area contributed by atoms with Crippen LogP contribution >= 0.6 is 0 Å². The van der Waals surface area contributed by atoms with Crippen LogP contribution in [0.25, 0.3) is 0 Å². The average molecular weight is 214 g/mol. The van der Waals surface area contributed by atoms with Gasteiger partial charge in [0.1, 0.15) is 0 Å². The number of nitrogens with one attached hydrogen (secondary N) is 1. The maximum Gasteiger partial charge on any atom is 0.0237 e. The number of hydrogen-bond acceptors (Lipinski definition) is 2. The van der Waals surface area contributed by atoms with E-state index in [1.54, 1.807) is 0 Å². The molecule has 2 atom stereocenters. The molecule has 0 saturated heterocycles. The van der Waals surface area contributed by atoms with E-state index in [9.17, 15) is 0 Å². The third-order valence-electron chi connectivity index (χ3n) is 2.93. The van der Waals surface area contributed by atoms with Crippen molar-refractivity contribution in [1.29, 1.82) is 0 Å². The summed E-state index contributed by atoms with van der Waals surface area (Å²) in [5.41, 5.74) is 0. The van der Waals surface area contributed by atoms with Gasteiger partial charge in [-0.3, -0.25) is 0 Å². The number of likely N-dealkylation sites (N-methyl/N-ethyl adjacent to an activating group) is 1. The Morgan fingerprint density at radius 2 is 1.53 bits per heavy atom. The van der Waals surface area contributed by atoms with Crippen LogP contribution < -0.4 is 5.32 Å². The number of hydrogen-bond donors (Lipinski definition) is 1. The van der Waals surface area contributed by atoms with Crippen molar-refractivity contribution < 1.29 is 0 Å². The Labute approximate surface area is 96.4 Å². The number of rotatable bonds is 7. The normalized spacial score (nSPS) is 16.4. The van der Waals surface area contributed by atoms with Gasteiger partial charge in [-0.05, 0) is 39.3 Å². The fourth-order valence-electron chi connectivity index (χ4n) is 2.13. The van der Waals surface area contributed by atoms with E-state index >= 15 is 0 Å². The molecule has 0 radical (unpaired) electrons. The van der Waals surface area contributed by atoms with E-state index in [1.165, 1.54) is 6.42 Å². The Morgan fingerprint density at radius 3 is 1.87 bits per heavy atom. The second kappa shape index (κ2) is 7.24. The largest absolute Gasteiger partial charge is 0.313 e. The predicted octanol–water partition coefficient (Wildman–Crippen LogP) is 2.60. The van der Waals surface area contributed by atoms with Crippen molar-refractivity contribution in [2.45, 2.75) is 53.1 Å². The maximum absolute atomic E-state index is 3.64. The van der Waals surface area contributed by atoms with Gasteiger partial charge in [0, 0.05) is 18.6 Å². The van der Waals surface area contributed by atoms with Crippen molar-refractivity contribution in [1.82, 2.24) is 10.2 Å². The van der Waals surface area contributed by atoms with Gasteiger partial charge in [-0.15, -0.1) is 0 Å². The molecule has 2 nitrogen and oxygen atoms in total. The molecule has 0 spiro atoms. The van der Waals surface area contributed by atoms with Crippen molar-refractivity contribution in [3.05, 3.63) is 0 Å². The van der Waals surface area contributed by atoms with Gasteiger partial charge in [0.05, 0.1) is 0 Å². The second-order valence-electron chi connectivity index (χ2n) is 5.71. The minimum absolute atomic E-state index is 0.631. The van der Waals surface area contributed by atoms with Gasteiger partial charge in [0.25, 0.3) is 0 Å². The van der Waals surface area contributed by atoms with Crippen molar-refractivity contribution in [2.75, 3.05) is 20.6 Å². The molecule has 0 aliphatic heterocycles. The van der Waals surface area contributed by atoms with Crippen LogP contribution in [-0.2, 0) is 0 Å². The van der Waals surface area contributed by atoms with E-state index in [0.717, 1.165) is 12.5 Å². The highest BCUT2D eigenvalue weighted by molar-refractivity contribution is 4.75. The van der Waals surface area contributed by atoms with Crippen LogP contribution in [0.5, 0.6) is 0 Å². The lowest BCUT2D eigenvalue weighted by Gasteiger charge is -2.30. The average Bonchev–Trinajstić information content (AvgIpc) is 2.00. The first-order valence-electron chi connectivity index (χ1n) is 6.24. The zero-order valence-electron chi connectivity index (χ0n) is 11.7. The molecule has 0 aromatic carbocycles. The Balaban J connectivity index is 3.89. The van der Waals surface area contributed by atoms with Gasteiger partial charge < -0.3 is 10.2 Å². The molecule has 0 aliphatic carbocycles. The zero-order valence-corrected chi connectivity index (χ0v) is 11.7. The fraction of sp³-hybridized carbons (Fsp3) is 1.00. The molecule has 0 aromatic rings. The lowest BCUT2D eigenvalue weighted by atomic mass is 10.0. The molecule has 15 heavy (non-hydrogen) atoms. The zero-order chi connectivity index (χ0) is 12.0. The molecule has 0 rings (SSSR count). The van der Waals surface area contributed by atoms with Gasteiger partial charge in [-0.2, -0.15) is 0 Å². The molecule has 0 heterocycles. The highest BCUT2D eigenvalue weighted by Crippen LogP contribution is 2.08. The van der Waals surface area contributed by atoms with Crippen LogP contribution in [0.3, 0.4) is 0 Å². The molecule has 1 N–H and O–H groups in total. The van der Waals surface area contributed by atoms with Crippen molar-refractivity contribution >= 4 is 0 Å². The molecule has 0 saturated carbocycles. The smallest absolute Gasteiger partial charge is 0.0237 e. The van der Waals surface area contributed by atoms with Crippen LogP contribution in [0, 0.1) is 11.8 Å². The first-order valence-corrected chi connectivity index (χ1v) is 6.24. The van der Waals surface area contributed by atoms with Gasteiger partial charge >= 0.3 is 0 Å². The number of nitrogens with zero attached hydrogens (tertiary/aromatic N) is 1. The van der Waals surface area contributed by atoms with Crippen LogP contribution in [0.15, 0.2) is 0 Å². The first kappa shape index (κ1) is 14.9. The summed E-state index contributed by atoms with van der Waals surface area (Å²) in [6.45, 7) is 12.5. The lowest BCUT2D eigenvalue weighted by Crippen LogP contribution is -2.44. The Kier molecular flexibility index (Phi) is 7.20. The van der Waals surface area contributed by atoms with Gasteiger partial charge in [0.2, 0.25) is 0 Å². The Bertz CT molecular complexity index is 145. The highest BCUT2D eigenvalue weighted by Gasteiger charge is 2.16. The van der Waals surface area contributed by atoms with Crippen LogP contribution in [0.4, 0.5) is 0 Å². The molecule has 2 heteroatoms. The summed E-state index contributed by atoms with van der Waals surface area (Å²) >= 11 is 0. The van der Waals surface area contributed by atoms with Gasteiger partial charge in [-0.25, -0.2) is 0 Å². The quantitative estimate of drug-likeness (QED) is 0.701. The molecule has 2 unspecified atom stereocenters. The van der Waals surface area contributed by atoms with E-state index in [2.05, 4.69) is 58.9 Å². The molecule has 0 amide bonds. The Morgan fingerprint density at radius 1 is 1.00 bits per heavy atom. The molecule has 92 valence electrons. The minimum atomic E-state index is 0.631. The van der Waals surface area contributed by atoms with Crippen LogP contribution in [0.2, 0.25) is 0 Å². The van der Waals surface area contributed by atoms with E-state index in [-0.39, 0.29) is 0 Å². The summed E-state index contributed by atoms with van der Waals surface area (Å²) in [5.74, 6) is 1.49. The summed E-state index contributed by atoms with van der Waals surface area (Å²) in [4.78, 5) is 2.32. The standard InChI is InChI=1S/C13H30N2/c1-10(2)8-12(5)14-9-13(11(3)4)15(6)7/h10-14H,8-9H2,1-7H3. The van der Waals surface area contributed by atoms with Crippen LogP contribution in [-0.4, -0.2) is 37.6 Å². The Hall–Kier alpha value is -0.0800. The van der Waals surface area contributed by atoms with Crippen molar-refractivity contribution in [2.24, 2.45) is 11.8 Å². The molecule has 0 aliphatic rings. The van der Waals surface area contributed by atoms with E-state index in [4.69, 9.17) is 0 Å². The third kappa shape index (κ3) is 6.91. The lowest BCUT2D eigenvalue weighted by molar-refractivity contribution is 0.217. The molecular weight excluding hydrogens is 184 g/mol. The summed E-state index contributed by atoms with van der Waals surface area (Å²) in [6.07, 6.45) is 1.26. The maximum atomic E-state index is 3.64. The fourth-order valence-corrected chi connectivity index (χ4v) is 2.13. The van der Waals surface area contributed by atoms with E-state index in [0.29, 0.717) is 18.0 Å². The molecular formula is C13H30N2. The predicted molar refractivity (Wildman–Crippen MR) is 69.2 cm³/mol. The summed E-state index contributed by atoms with van der Waals surface area (Å²) in [6, 6.07) is 1.27. The topological polar surface area (TPSA) is 15.3 Å². The summed E-state index contributed by atoms with van der Waals surface area (Å²) < 4.78 is 0. The highest BCUT2D eigenvalue weighted by atomic mass is 15.1. The second-order valence-corrected chi connectivity index (χ2v) is 5.71. The monoisotopic (exact) mass is 214 g/mol. The van der Waals surface area contributed by atoms with Crippen molar-refractivity contribution in [3.8, 4) is 0 Å². The molecule has 0 bridgehead atoms. The van der Waals surface area contributed by atoms with Crippen molar-refractivity contribution in [3.63, 3.8) is 0 Å². The minimum Gasteiger partial charge on any atom is -0.313 e. The van der Waals surface area contributed by atoms with E-state index in [1.807, 2.05) is 0 Å². The third-order valence-corrected chi connectivity index (χ3v) is 2.93. The molecule has 0 aromatic heterocycles. The summed E-state index contributed by atoms with van der Waals surface area (Å²) in [5, 5.41) is 3.64. The first-order chi connectivity index (χ1) is 6.84. The summed E-state index contributed by atoms with van der Waals surface area (Å²) in [7, 11) is 4.33. The van der Waals surface area contributed by atoms with Gasteiger partial charge in [0.15, 0.2) is 0 Å². The van der Waals surface area contributed by atoms with E-state index < -0.39 is 0 Å². The molecule has 0 fully saturated rings. The van der Waals surface area contributed by atoms with Crippen LogP contribution in [0.1, 0.15) is 41.0 Å². The van der Waals surface area contributed by atoms with Gasteiger partial charge in [-0.1, -0.05) is 27.7 Å². The SMILES string of the molecule is CC(C)CC(C)NCC(C(C)C)N(C)C.